The first kappa shape index (κ1) is 9.01. The number of ether oxygens (including phenoxy) is 1. The third-order valence-corrected chi connectivity index (χ3v) is 1.03. The van der Waals surface area contributed by atoms with Crippen molar-refractivity contribution < 1.29 is 4.74 Å². The quantitative estimate of drug-likeness (QED) is 0.417. The Morgan fingerprint density at radius 2 is 2.33 bits per heavy atom. The van der Waals surface area contributed by atoms with Crippen LogP contribution in [-0.2, 0) is 4.74 Å². The summed E-state index contributed by atoms with van der Waals surface area (Å²) in [5.74, 6) is 0. The van der Waals surface area contributed by atoms with E-state index in [1.807, 2.05) is 26.0 Å². The number of rotatable bonds is 3. The maximum atomic E-state index is 4.96. The van der Waals surface area contributed by atoms with E-state index in [2.05, 4.69) is 22.6 Å². The number of halogens is 1. The molecule has 0 aromatic carbocycles. The minimum atomic E-state index is 0.741. The Morgan fingerprint density at radius 3 is 2.78 bits per heavy atom. The van der Waals surface area contributed by atoms with Gasteiger partial charge in [0.1, 0.15) is 0 Å². The van der Waals surface area contributed by atoms with Crippen molar-refractivity contribution in [2.24, 2.45) is 0 Å². The van der Waals surface area contributed by atoms with Crippen molar-refractivity contribution in [3.05, 3.63) is 22.0 Å². The van der Waals surface area contributed by atoms with Gasteiger partial charge in [-0.3, -0.25) is 0 Å². The van der Waals surface area contributed by atoms with E-state index in [0.717, 1.165) is 6.61 Å². The molecule has 0 unspecified atom stereocenters. The van der Waals surface area contributed by atoms with Gasteiger partial charge in [-0.15, -0.1) is 0 Å². The lowest BCUT2D eigenvalue weighted by Crippen LogP contribution is -1.74. The second-order valence-corrected chi connectivity index (χ2v) is 3.24. The Balaban J connectivity index is 3.35. The van der Waals surface area contributed by atoms with Crippen molar-refractivity contribution in [1.29, 1.82) is 0 Å². The molecule has 0 amide bonds. The molecule has 52 valence electrons. The maximum Gasteiger partial charge on any atom is 0.0845 e. The van der Waals surface area contributed by atoms with Gasteiger partial charge in [0.05, 0.1) is 12.9 Å². The van der Waals surface area contributed by atoms with Crippen LogP contribution in [0, 0.1) is 0 Å². The summed E-state index contributed by atoms with van der Waals surface area (Å²) in [7, 11) is 0. The SMILES string of the molecule is CCOC=C/C=C(\C)I. The van der Waals surface area contributed by atoms with Crippen molar-refractivity contribution in [3.8, 4) is 0 Å². The average Bonchev–Trinajstić information content (AvgIpc) is 1.80. The Hall–Kier alpha value is 0.01000. The zero-order chi connectivity index (χ0) is 7.11. The molecule has 0 radical (unpaired) electrons. The summed E-state index contributed by atoms with van der Waals surface area (Å²) in [5.41, 5.74) is 0. The summed E-state index contributed by atoms with van der Waals surface area (Å²) in [6.45, 7) is 4.74. The van der Waals surface area contributed by atoms with Gasteiger partial charge in [-0.1, -0.05) is 6.08 Å². The standard InChI is InChI=1S/C7H11IO/c1-3-9-6-4-5-7(2)8/h4-6H,3H2,1-2H3/b6-4?,7-5+. The van der Waals surface area contributed by atoms with E-state index in [1.165, 1.54) is 3.58 Å². The molecule has 0 aliphatic rings. The van der Waals surface area contributed by atoms with E-state index < -0.39 is 0 Å². The van der Waals surface area contributed by atoms with Crippen molar-refractivity contribution in [3.63, 3.8) is 0 Å². The van der Waals surface area contributed by atoms with Gasteiger partial charge in [-0.2, -0.15) is 0 Å². The highest BCUT2D eigenvalue weighted by atomic mass is 127. The number of allylic oxidation sites excluding steroid dienone is 3. The smallest absolute Gasteiger partial charge is 0.0845 e. The first-order valence-corrected chi connectivity index (χ1v) is 3.95. The lowest BCUT2D eigenvalue weighted by Gasteiger charge is -1.88. The van der Waals surface area contributed by atoms with Crippen LogP contribution in [0.5, 0.6) is 0 Å². The highest BCUT2D eigenvalue weighted by Crippen LogP contribution is 2.01. The van der Waals surface area contributed by atoms with Crippen molar-refractivity contribution in [2.45, 2.75) is 13.8 Å². The van der Waals surface area contributed by atoms with Gasteiger partial charge < -0.3 is 4.74 Å². The lowest BCUT2D eigenvalue weighted by molar-refractivity contribution is 0.269. The fourth-order valence-electron chi connectivity index (χ4n) is 0.324. The fraction of sp³-hybridized carbons (Fsp3) is 0.429. The average molecular weight is 238 g/mol. The van der Waals surface area contributed by atoms with Gasteiger partial charge in [-0.05, 0) is 46.1 Å². The zero-order valence-corrected chi connectivity index (χ0v) is 7.88. The van der Waals surface area contributed by atoms with Crippen LogP contribution in [0.2, 0.25) is 0 Å². The van der Waals surface area contributed by atoms with Gasteiger partial charge in [0, 0.05) is 0 Å². The minimum Gasteiger partial charge on any atom is -0.501 e. The summed E-state index contributed by atoms with van der Waals surface area (Å²) in [6, 6.07) is 0. The van der Waals surface area contributed by atoms with Gasteiger partial charge >= 0.3 is 0 Å². The minimum absolute atomic E-state index is 0.741. The predicted octanol–water partition coefficient (Wildman–Crippen LogP) is 2.88. The molecule has 0 N–H and O–H groups in total. The Morgan fingerprint density at radius 1 is 1.67 bits per heavy atom. The van der Waals surface area contributed by atoms with E-state index in [1.54, 1.807) is 6.26 Å². The lowest BCUT2D eigenvalue weighted by atomic mass is 10.5. The highest BCUT2D eigenvalue weighted by Gasteiger charge is 1.71. The van der Waals surface area contributed by atoms with Crippen molar-refractivity contribution in [2.75, 3.05) is 6.61 Å². The van der Waals surface area contributed by atoms with Crippen LogP contribution in [0.15, 0.2) is 22.0 Å². The molecule has 0 saturated carbocycles. The third kappa shape index (κ3) is 8.01. The molecular weight excluding hydrogens is 227 g/mol. The van der Waals surface area contributed by atoms with Gasteiger partial charge in [-0.25, -0.2) is 0 Å². The van der Waals surface area contributed by atoms with Crippen LogP contribution in [0.25, 0.3) is 0 Å². The molecule has 0 rings (SSSR count). The molecule has 0 aromatic rings. The summed E-state index contributed by atoms with van der Waals surface area (Å²) in [5, 5.41) is 0. The second-order valence-electron chi connectivity index (χ2n) is 1.54. The van der Waals surface area contributed by atoms with E-state index >= 15 is 0 Å². The topological polar surface area (TPSA) is 9.23 Å². The molecule has 0 bridgehead atoms. The highest BCUT2D eigenvalue weighted by molar-refractivity contribution is 14.1. The first-order valence-electron chi connectivity index (χ1n) is 2.88. The Labute approximate surface area is 69.9 Å². The number of hydrogen-bond acceptors (Lipinski definition) is 1. The Bertz CT molecular complexity index is 112. The molecule has 0 aliphatic carbocycles. The summed E-state index contributed by atoms with van der Waals surface area (Å²) >= 11 is 2.25. The molecule has 0 atom stereocenters. The summed E-state index contributed by atoms with van der Waals surface area (Å²) < 4.78 is 6.21. The van der Waals surface area contributed by atoms with Crippen molar-refractivity contribution in [1.82, 2.24) is 0 Å². The van der Waals surface area contributed by atoms with Crippen LogP contribution in [0.4, 0.5) is 0 Å². The summed E-state index contributed by atoms with van der Waals surface area (Å²) in [4.78, 5) is 0. The maximum absolute atomic E-state index is 4.96. The van der Waals surface area contributed by atoms with Crippen LogP contribution in [0.3, 0.4) is 0 Å². The van der Waals surface area contributed by atoms with E-state index in [-0.39, 0.29) is 0 Å². The monoisotopic (exact) mass is 238 g/mol. The predicted molar refractivity (Wildman–Crippen MR) is 48.5 cm³/mol. The normalized spacial score (nSPS) is 12.6. The molecule has 2 heteroatoms. The van der Waals surface area contributed by atoms with Crippen LogP contribution >= 0.6 is 22.6 Å². The number of hydrogen-bond donors (Lipinski definition) is 0. The van der Waals surface area contributed by atoms with Gasteiger partial charge in [0.15, 0.2) is 0 Å². The fourth-order valence-corrected chi connectivity index (χ4v) is 0.531. The molecule has 1 nitrogen and oxygen atoms in total. The van der Waals surface area contributed by atoms with E-state index in [0.29, 0.717) is 0 Å². The molecule has 9 heavy (non-hydrogen) atoms. The van der Waals surface area contributed by atoms with E-state index in [4.69, 9.17) is 4.74 Å². The largest absolute Gasteiger partial charge is 0.501 e. The summed E-state index contributed by atoms with van der Waals surface area (Å²) in [6.07, 6.45) is 5.59. The van der Waals surface area contributed by atoms with Crippen LogP contribution in [0.1, 0.15) is 13.8 Å². The molecule has 0 heterocycles. The van der Waals surface area contributed by atoms with Crippen LogP contribution < -0.4 is 0 Å². The molecular formula is C7H11IO. The molecule has 0 spiro atoms. The third-order valence-electron chi connectivity index (χ3n) is 0.667. The molecule has 0 aromatic heterocycles. The van der Waals surface area contributed by atoms with Gasteiger partial charge in [0.2, 0.25) is 0 Å². The second kappa shape index (κ2) is 6.13. The molecule has 0 saturated heterocycles. The van der Waals surface area contributed by atoms with Crippen molar-refractivity contribution >= 4 is 22.6 Å². The van der Waals surface area contributed by atoms with Crippen LogP contribution in [-0.4, -0.2) is 6.61 Å². The van der Waals surface area contributed by atoms with Gasteiger partial charge in [0.25, 0.3) is 0 Å². The Kier molecular flexibility index (Phi) is 6.14. The first-order chi connectivity index (χ1) is 4.27. The molecule has 0 fully saturated rings. The zero-order valence-electron chi connectivity index (χ0n) is 5.73. The molecule has 0 aliphatic heterocycles. The van der Waals surface area contributed by atoms with E-state index in [9.17, 15) is 0 Å².